The number of rotatable bonds is 7. The molecule has 3 aromatic rings. The van der Waals surface area contributed by atoms with Crippen LogP contribution in [0.2, 0.25) is 0 Å². The van der Waals surface area contributed by atoms with E-state index in [0.717, 1.165) is 11.4 Å². The van der Waals surface area contributed by atoms with Gasteiger partial charge in [0.25, 0.3) is 5.91 Å². The zero-order valence-corrected chi connectivity index (χ0v) is 17.9. The van der Waals surface area contributed by atoms with Gasteiger partial charge in [-0.3, -0.25) is 9.00 Å². The predicted octanol–water partition coefficient (Wildman–Crippen LogP) is 3.41. The van der Waals surface area contributed by atoms with Gasteiger partial charge in [0.1, 0.15) is 0 Å². The number of carbonyl (C=O) groups excluding carboxylic acids is 2. The van der Waals surface area contributed by atoms with E-state index in [9.17, 15) is 13.8 Å². The smallest absolute Gasteiger partial charge is 0.339 e. The molecule has 0 aliphatic carbocycles. The molecule has 156 valence electrons. The summed E-state index contributed by atoms with van der Waals surface area (Å²) >= 11 is 0. The minimum atomic E-state index is -1.30. The molecule has 0 aliphatic heterocycles. The van der Waals surface area contributed by atoms with Crippen molar-refractivity contribution in [3.8, 4) is 5.69 Å². The van der Waals surface area contributed by atoms with Gasteiger partial charge in [0.15, 0.2) is 6.61 Å². The summed E-state index contributed by atoms with van der Waals surface area (Å²) < 4.78 is 19.0. The molecule has 0 saturated heterocycles. The summed E-state index contributed by atoms with van der Waals surface area (Å²) in [5.41, 5.74) is 3.08. The number of nitrogens with one attached hydrogen (secondary N) is 1. The standard InChI is InChI=1S/C22H23N3O4S/c1-4-30(28)19-13-9-8-12-18(19)22(27)29-14-20(26)23-21-15(2)24-25(16(21)3)17-10-6-5-7-11-17/h5-13H,4,14H2,1-3H3,(H,23,26). The molecule has 3 rings (SSSR count). The lowest BCUT2D eigenvalue weighted by molar-refractivity contribution is -0.119. The van der Waals surface area contributed by atoms with Crippen LogP contribution >= 0.6 is 0 Å². The number of anilines is 1. The number of aromatic nitrogens is 2. The van der Waals surface area contributed by atoms with Crippen molar-refractivity contribution >= 4 is 28.4 Å². The van der Waals surface area contributed by atoms with Gasteiger partial charge in [-0.25, -0.2) is 9.48 Å². The van der Waals surface area contributed by atoms with Crippen LogP contribution in [0.4, 0.5) is 5.69 Å². The number of carbonyl (C=O) groups is 2. The monoisotopic (exact) mass is 425 g/mol. The number of amides is 1. The van der Waals surface area contributed by atoms with Crippen LogP contribution in [0.5, 0.6) is 0 Å². The Morgan fingerprint density at radius 1 is 1.07 bits per heavy atom. The summed E-state index contributed by atoms with van der Waals surface area (Å²) in [6, 6.07) is 16.1. The highest BCUT2D eigenvalue weighted by Gasteiger charge is 2.19. The average Bonchev–Trinajstić information content (AvgIpc) is 3.05. The van der Waals surface area contributed by atoms with Crippen molar-refractivity contribution in [1.29, 1.82) is 0 Å². The van der Waals surface area contributed by atoms with E-state index in [2.05, 4.69) is 10.4 Å². The molecule has 1 N–H and O–H groups in total. The maximum atomic E-state index is 12.4. The molecule has 0 saturated carbocycles. The fraction of sp³-hybridized carbons (Fsp3) is 0.227. The summed E-state index contributed by atoms with van der Waals surface area (Å²) in [7, 11) is -1.30. The number of esters is 1. The molecule has 1 heterocycles. The highest BCUT2D eigenvalue weighted by Crippen LogP contribution is 2.22. The fourth-order valence-corrected chi connectivity index (χ4v) is 3.96. The zero-order chi connectivity index (χ0) is 21.7. The summed E-state index contributed by atoms with van der Waals surface area (Å²) in [6.07, 6.45) is 0. The number of para-hydroxylation sites is 1. The Balaban J connectivity index is 1.68. The SMILES string of the molecule is CCS(=O)c1ccccc1C(=O)OCC(=O)Nc1c(C)nn(-c2ccccc2)c1C. The van der Waals surface area contributed by atoms with E-state index >= 15 is 0 Å². The molecule has 1 amide bonds. The van der Waals surface area contributed by atoms with Gasteiger partial charge in [-0.15, -0.1) is 0 Å². The quantitative estimate of drug-likeness (QED) is 0.586. The van der Waals surface area contributed by atoms with Crippen molar-refractivity contribution in [2.45, 2.75) is 25.7 Å². The molecule has 0 spiro atoms. The van der Waals surface area contributed by atoms with Gasteiger partial charge < -0.3 is 10.1 Å². The first-order valence-corrected chi connectivity index (χ1v) is 10.8. The Morgan fingerprint density at radius 3 is 2.43 bits per heavy atom. The van der Waals surface area contributed by atoms with Crippen molar-refractivity contribution in [3.05, 3.63) is 71.5 Å². The zero-order valence-electron chi connectivity index (χ0n) is 17.0. The lowest BCUT2D eigenvalue weighted by Gasteiger charge is -2.10. The molecule has 1 aromatic heterocycles. The van der Waals surface area contributed by atoms with Gasteiger partial charge >= 0.3 is 5.97 Å². The molecule has 30 heavy (non-hydrogen) atoms. The second kappa shape index (κ2) is 9.49. The van der Waals surface area contributed by atoms with E-state index < -0.39 is 29.3 Å². The van der Waals surface area contributed by atoms with Gasteiger partial charge in [0, 0.05) is 5.75 Å². The molecule has 0 aliphatic rings. The van der Waals surface area contributed by atoms with Crippen molar-refractivity contribution in [2.24, 2.45) is 0 Å². The van der Waals surface area contributed by atoms with Crippen molar-refractivity contribution in [2.75, 3.05) is 17.7 Å². The predicted molar refractivity (Wildman–Crippen MR) is 115 cm³/mol. The molecule has 0 radical (unpaired) electrons. The van der Waals surface area contributed by atoms with E-state index in [1.165, 1.54) is 0 Å². The Morgan fingerprint density at radius 2 is 1.73 bits per heavy atom. The molecule has 1 atom stereocenters. The van der Waals surface area contributed by atoms with Crippen LogP contribution in [-0.2, 0) is 20.3 Å². The minimum Gasteiger partial charge on any atom is -0.452 e. The first-order valence-electron chi connectivity index (χ1n) is 9.48. The third kappa shape index (κ3) is 4.65. The average molecular weight is 426 g/mol. The Kier molecular flexibility index (Phi) is 6.79. The first-order chi connectivity index (χ1) is 14.4. The normalized spacial score (nSPS) is 11.7. The lowest BCUT2D eigenvalue weighted by atomic mass is 10.2. The number of aryl methyl sites for hydroxylation is 1. The Labute approximate surface area is 177 Å². The van der Waals surface area contributed by atoms with Crippen LogP contribution in [0.25, 0.3) is 5.69 Å². The minimum absolute atomic E-state index is 0.203. The molecular formula is C22H23N3O4S. The number of benzene rings is 2. The van der Waals surface area contributed by atoms with E-state index in [-0.39, 0.29) is 5.56 Å². The molecular weight excluding hydrogens is 402 g/mol. The lowest BCUT2D eigenvalue weighted by Crippen LogP contribution is -2.22. The van der Waals surface area contributed by atoms with Crippen LogP contribution in [0.15, 0.2) is 59.5 Å². The van der Waals surface area contributed by atoms with E-state index in [1.54, 1.807) is 42.8 Å². The Hall–Kier alpha value is -3.26. The fourth-order valence-electron chi connectivity index (χ4n) is 3.02. The van der Waals surface area contributed by atoms with E-state index in [1.807, 2.05) is 37.3 Å². The van der Waals surface area contributed by atoms with Crippen molar-refractivity contribution < 1.29 is 18.5 Å². The van der Waals surface area contributed by atoms with E-state index in [4.69, 9.17) is 4.74 Å². The number of hydrogen-bond acceptors (Lipinski definition) is 5. The topological polar surface area (TPSA) is 90.3 Å². The van der Waals surface area contributed by atoms with Gasteiger partial charge in [-0.1, -0.05) is 37.3 Å². The van der Waals surface area contributed by atoms with Crippen LogP contribution in [-0.4, -0.2) is 38.2 Å². The highest BCUT2D eigenvalue weighted by molar-refractivity contribution is 7.85. The molecule has 0 fully saturated rings. The molecule has 7 nitrogen and oxygen atoms in total. The third-order valence-electron chi connectivity index (χ3n) is 4.51. The van der Waals surface area contributed by atoms with Crippen LogP contribution < -0.4 is 5.32 Å². The number of ether oxygens (including phenoxy) is 1. The molecule has 2 aromatic carbocycles. The summed E-state index contributed by atoms with van der Waals surface area (Å²) in [5.74, 6) is -0.776. The largest absolute Gasteiger partial charge is 0.452 e. The maximum absolute atomic E-state index is 12.4. The number of hydrogen-bond donors (Lipinski definition) is 1. The third-order valence-corrected chi connectivity index (χ3v) is 5.88. The van der Waals surface area contributed by atoms with Crippen molar-refractivity contribution in [3.63, 3.8) is 0 Å². The van der Waals surface area contributed by atoms with Crippen LogP contribution in [0.3, 0.4) is 0 Å². The van der Waals surface area contributed by atoms with Gasteiger partial charge in [0.05, 0.1) is 44.0 Å². The summed E-state index contributed by atoms with van der Waals surface area (Å²) in [6.45, 7) is 4.96. The molecule has 0 bridgehead atoms. The second-order valence-electron chi connectivity index (χ2n) is 6.55. The molecule has 8 heteroatoms. The second-order valence-corrected chi connectivity index (χ2v) is 8.26. The summed E-state index contributed by atoms with van der Waals surface area (Å²) in [4.78, 5) is 25.2. The number of nitrogens with zero attached hydrogens (tertiary/aromatic N) is 2. The van der Waals surface area contributed by atoms with Gasteiger partial charge in [-0.05, 0) is 38.1 Å². The van der Waals surface area contributed by atoms with Crippen LogP contribution in [0.1, 0.15) is 28.7 Å². The maximum Gasteiger partial charge on any atom is 0.339 e. The Bertz CT molecular complexity index is 1090. The van der Waals surface area contributed by atoms with E-state index in [0.29, 0.717) is 22.0 Å². The van der Waals surface area contributed by atoms with Gasteiger partial charge in [-0.2, -0.15) is 5.10 Å². The van der Waals surface area contributed by atoms with Gasteiger partial charge in [0.2, 0.25) is 0 Å². The summed E-state index contributed by atoms with van der Waals surface area (Å²) in [5, 5.41) is 7.24. The van der Waals surface area contributed by atoms with Crippen LogP contribution in [0, 0.1) is 13.8 Å². The molecule has 1 unspecified atom stereocenters. The van der Waals surface area contributed by atoms with Crippen molar-refractivity contribution in [1.82, 2.24) is 9.78 Å². The first kappa shape index (κ1) is 21.4. The highest BCUT2D eigenvalue weighted by atomic mass is 32.2.